The van der Waals surface area contributed by atoms with E-state index >= 15 is 0 Å². The predicted molar refractivity (Wildman–Crippen MR) is 51.3 cm³/mol. The lowest BCUT2D eigenvalue weighted by Gasteiger charge is -2.00. The number of aromatic nitrogens is 3. The van der Waals surface area contributed by atoms with E-state index in [1.165, 1.54) is 24.6 Å². The molecule has 1 aliphatic rings. The molecular weight excluding hydrogens is 202 g/mol. The minimum Gasteiger partial charge on any atom is -0.481 e. The molecule has 76 valence electrons. The highest BCUT2D eigenvalue weighted by molar-refractivity contribution is 7.99. The first-order valence-corrected chi connectivity index (χ1v) is 5.41. The van der Waals surface area contributed by atoms with E-state index in [-0.39, 0.29) is 5.75 Å². The molecule has 0 radical (unpaired) electrons. The van der Waals surface area contributed by atoms with E-state index in [1.807, 2.05) is 11.6 Å². The van der Waals surface area contributed by atoms with E-state index < -0.39 is 5.97 Å². The third kappa shape index (κ3) is 1.89. The SMILES string of the molecule is Cn1c(SCC(=O)O)nnc1C1CC1. The van der Waals surface area contributed by atoms with Crippen LogP contribution in [0.3, 0.4) is 0 Å². The molecule has 1 aliphatic carbocycles. The summed E-state index contributed by atoms with van der Waals surface area (Å²) in [5.74, 6) is 0.743. The number of carboxylic acids is 1. The Hall–Kier alpha value is -1.04. The van der Waals surface area contributed by atoms with Gasteiger partial charge in [-0.05, 0) is 12.8 Å². The molecule has 0 saturated heterocycles. The van der Waals surface area contributed by atoms with E-state index in [1.54, 1.807) is 0 Å². The molecular formula is C8H11N3O2S. The molecule has 6 heteroatoms. The number of carbonyl (C=O) groups is 1. The van der Waals surface area contributed by atoms with Crippen LogP contribution in [0.15, 0.2) is 5.16 Å². The van der Waals surface area contributed by atoms with Crippen LogP contribution in [-0.2, 0) is 11.8 Å². The van der Waals surface area contributed by atoms with Gasteiger partial charge in [-0.25, -0.2) is 0 Å². The molecule has 1 aromatic rings. The zero-order valence-electron chi connectivity index (χ0n) is 7.80. The molecule has 0 aliphatic heterocycles. The molecule has 1 aromatic heterocycles. The molecule has 1 heterocycles. The summed E-state index contributed by atoms with van der Waals surface area (Å²) in [6, 6.07) is 0. The summed E-state index contributed by atoms with van der Waals surface area (Å²) in [6.07, 6.45) is 2.35. The Balaban J connectivity index is 2.06. The monoisotopic (exact) mass is 213 g/mol. The average molecular weight is 213 g/mol. The van der Waals surface area contributed by atoms with Crippen molar-refractivity contribution in [2.75, 3.05) is 5.75 Å². The van der Waals surface area contributed by atoms with Gasteiger partial charge in [-0.2, -0.15) is 0 Å². The Morgan fingerprint density at radius 1 is 1.64 bits per heavy atom. The van der Waals surface area contributed by atoms with Gasteiger partial charge in [0, 0.05) is 13.0 Å². The van der Waals surface area contributed by atoms with Gasteiger partial charge in [0.25, 0.3) is 0 Å². The molecule has 0 amide bonds. The van der Waals surface area contributed by atoms with Crippen LogP contribution in [-0.4, -0.2) is 31.6 Å². The van der Waals surface area contributed by atoms with Crippen molar-refractivity contribution < 1.29 is 9.90 Å². The van der Waals surface area contributed by atoms with Crippen LogP contribution in [0.2, 0.25) is 0 Å². The standard InChI is InChI=1S/C8H11N3O2S/c1-11-7(5-2-3-5)9-10-8(11)14-4-6(12)13/h5H,2-4H2,1H3,(H,12,13). The summed E-state index contributed by atoms with van der Waals surface area (Å²) in [4.78, 5) is 10.4. The number of thioether (sulfide) groups is 1. The van der Waals surface area contributed by atoms with E-state index in [9.17, 15) is 4.79 Å². The van der Waals surface area contributed by atoms with Crippen molar-refractivity contribution in [2.45, 2.75) is 23.9 Å². The maximum Gasteiger partial charge on any atom is 0.313 e. The van der Waals surface area contributed by atoms with Crippen molar-refractivity contribution in [1.82, 2.24) is 14.8 Å². The van der Waals surface area contributed by atoms with E-state index in [0.717, 1.165) is 5.82 Å². The first kappa shape index (κ1) is 9.51. The second-order valence-corrected chi connectivity index (χ2v) is 4.30. The Bertz CT molecular complexity index is 359. The highest BCUT2D eigenvalue weighted by Gasteiger charge is 2.29. The van der Waals surface area contributed by atoms with Crippen molar-refractivity contribution in [2.24, 2.45) is 7.05 Å². The van der Waals surface area contributed by atoms with Crippen LogP contribution in [0.4, 0.5) is 0 Å². The summed E-state index contributed by atoms with van der Waals surface area (Å²) in [7, 11) is 1.89. The number of carboxylic acid groups (broad SMARTS) is 1. The number of hydrogen-bond donors (Lipinski definition) is 1. The first-order valence-electron chi connectivity index (χ1n) is 4.42. The van der Waals surface area contributed by atoms with Crippen molar-refractivity contribution in [3.63, 3.8) is 0 Å². The van der Waals surface area contributed by atoms with Crippen LogP contribution in [0.5, 0.6) is 0 Å². The summed E-state index contributed by atoms with van der Waals surface area (Å²) in [6.45, 7) is 0. The van der Waals surface area contributed by atoms with Crippen LogP contribution < -0.4 is 0 Å². The zero-order valence-corrected chi connectivity index (χ0v) is 8.62. The molecule has 2 rings (SSSR count). The van der Waals surface area contributed by atoms with Gasteiger partial charge in [-0.1, -0.05) is 11.8 Å². The van der Waals surface area contributed by atoms with E-state index in [4.69, 9.17) is 5.11 Å². The van der Waals surface area contributed by atoms with E-state index in [0.29, 0.717) is 11.1 Å². The number of rotatable bonds is 4. The molecule has 1 N–H and O–H groups in total. The van der Waals surface area contributed by atoms with Crippen LogP contribution >= 0.6 is 11.8 Å². The van der Waals surface area contributed by atoms with Crippen molar-refractivity contribution in [3.8, 4) is 0 Å². The van der Waals surface area contributed by atoms with Gasteiger partial charge >= 0.3 is 5.97 Å². The Labute approximate surface area is 85.5 Å². The minimum atomic E-state index is -0.828. The van der Waals surface area contributed by atoms with Crippen molar-refractivity contribution >= 4 is 17.7 Å². The fraction of sp³-hybridized carbons (Fsp3) is 0.625. The van der Waals surface area contributed by atoms with Crippen LogP contribution in [0, 0.1) is 0 Å². The first-order chi connectivity index (χ1) is 6.68. The van der Waals surface area contributed by atoms with Gasteiger partial charge < -0.3 is 9.67 Å². The molecule has 0 bridgehead atoms. The topological polar surface area (TPSA) is 68.0 Å². The summed E-state index contributed by atoms with van der Waals surface area (Å²) >= 11 is 1.21. The van der Waals surface area contributed by atoms with Gasteiger partial charge in [0.2, 0.25) is 0 Å². The summed E-state index contributed by atoms with van der Waals surface area (Å²) in [5.41, 5.74) is 0. The number of hydrogen-bond acceptors (Lipinski definition) is 4. The summed E-state index contributed by atoms with van der Waals surface area (Å²) < 4.78 is 1.89. The molecule has 0 atom stereocenters. The highest BCUT2D eigenvalue weighted by Crippen LogP contribution is 2.39. The Morgan fingerprint density at radius 2 is 2.36 bits per heavy atom. The van der Waals surface area contributed by atoms with Gasteiger partial charge in [0.15, 0.2) is 5.16 Å². The maximum absolute atomic E-state index is 10.4. The van der Waals surface area contributed by atoms with Gasteiger partial charge in [0.05, 0.1) is 5.75 Å². The van der Waals surface area contributed by atoms with Crippen LogP contribution in [0.1, 0.15) is 24.6 Å². The second kappa shape index (κ2) is 3.61. The molecule has 0 spiro atoms. The van der Waals surface area contributed by atoms with Crippen molar-refractivity contribution in [1.29, 1.82) is 0 Å². The fourth-order valence-corrected chi connectivity index (χ4v) is 1.91. The highest BCUT2D eigenvalue weighted by atomic mass is 32.2. The molecule has 0 aromatic carbocycles. The lowest BCUT2D eigenvalue weighted by atomic mass is 10.4. The maximum atomic E-state index is 10.4. The summed E-state index contributed by atoms with van der Waals surface area (Å²) in [5, 5.41) is 17.2. The zero-order chi connectivity index (χ0) is 10.1. The molecule has 1 fully saturated rings. The van der Waals surface area contributed by atoms with Gasteiger partial charge in [-0.3, -0.25) is 4.79 Å². The minimum absolute atomic E-state index is 0.0383. The van der Waals surface area contributed by atoms with Crippen LogP contribution in [0.25, 0.3) is 0 Å². The van der Waals surface area contributed by atoms with Gasteiger partial charge in [-0.15, -0.1) is 10.2 Å². The molecule has 0 unspecified atom stereocenters. The molecule has 14 heavy (non-hydrogen) atoms. The average Bonchev–Trinajstić information content (AvgIpc) is 2.89. The fourth-order valence-electron chi connectivity index (χ4n) is 1.28. The van der Waals surface area contributed by atoms with E-state index in [2.05, 4.69) is 10.2 Å². The number of aliphatic carboxylic acids is 1. The predicted octanol–water partition coefficient (Wildman–Crippen LogP) is 0.869. The quantitative estimate of drug-likeness (QED) is 0.751. The van der Waals surface area contributed by atoms with Gasteiger partial charge in [0.1, 0.15) is 5.82 Å². The number of nitrogens with zero attached hydrogens (tertiary/aromatic N) is 3. The lowest BCUT2D eigenvalue weighted by Crippen LogP contribution is -2.01. The Morgan fingerprint density at radius 3 is 2.93 bits per heavy atom. The molecule has 5 nitrogen and oxygen atoms in total. The third-order valence-electron chi connectivity index (χ3n) is 2.14. The van der Waals surface area contributed by atoms with Crippen molar-refractivity contribution in [3.05, 3.63) is 5.82 Å². The lowest BCUT2D eigenvalue weighted by molar-refractivity contribution is -0.133. The smallest absolute Gasteiger partial charge is 0.313 e. The Kier molecular flexibility index (Phi) is 2.45. The molecule has 1 saturated carbocycles. The second-order valence-electron chi connectivity index (χ2n) is 3.36. The third-order valence-corrected chi connectivity index (χ3v) is 3.14. The normalized spacial score (nSPS) is 15.8. The largest absolute Gasteiger partial charge is 0.481 e.